The first-order chi connectivity index (χ1) is 13.4. The van der Waals surface area contributed by atoms with Crippen LogP contribution in [0, 0.1) is 13.8 Å². The molecule has 1 heterocycles. The average Bonchev–Trinajstić information content (AvgIpc) is 2.65. The fourth-order valence-electron chi connectivity index (χ4n) is 2.65. The number of rotatable bonds is 5. The van der Waals surface area contributed by atoms with Gasteiger partial charge in [0.25, 0.3) is 5.91 Å². The zero-order chi connectivity index (χ0) is 20.1. The fraction of sp³-hybridized carbons (Fsp3) is 0.143. The van der Waals surface area contributed by atoms with Crippen LogP contribution in [-0.2, 0) is 4.79 Å². The van der Waals surface area contributed by atoms with E-state index in [0.717, 1.165) is 16.8 Å². The lowest BCUT2D eigenvalue weighted by molar-refractivity contribution is -0.114. The number of anilines is 4. The van der Waals surface area contributed by atoms with E-state index in [9.17, 15) is 9.59 Å². The smallest absolute Gasteiger partial charge is 0.274 e. The number of aromatic nitrogens is 2. The molecule has 28 heavy (non-hydrogen) atoms. The van der Waals surface area contributed by atoms with E-state index in [2.05, 4.69) is 25.9 Å². The third kappa shape index (κ3) is 4.70. The van der Waals surface area contributed by atoms with Crippen molar-refractivity contribution in [1.29, 1.82) is 0 Å². The molecule has 0 saturated heterocycles. The second-order valence-electron chi connectivity index (χ2n) is 6.38. The Balaban J connectivity index is 1.75. The highest BCUT2D eigenvalue weighted by atomic mass is 16.2. The number of benzene rings is 2. The minimum atomic E-state index is -0.369. The van der Waals surface area contributed by atoms with Gasteiger partial charge < -0.3 is 16.0 Å². The molecule has 0 saturated carbocycles. The monoisotopic (exact) mass is 375 g/mol. The van der Waals surface area contributed by atoms with Gasteiger partial charge in [0.1, 0.15) is 17.8 Å². The highest BCUT2D eigenvalue weighted by Crippen LogP contribution is 2.22. The van der Waals surface area contributed by atoms with Crippen LogP contribution in [0.15, 0.2) is 54.9 Å². The lowest BCUT2D eigenvalue weighted by Gasteiger charge is -2.11. The van der Waals surface area contributed by atoms with Crippen molar-refractivity contribution in [3.63, 3.8) is 0 Å². The summed E-state index contributed by atoms with van der Waals surface area (Å²) >= 11 is 0. The maximum absolute atomic E-state index is 12.6. The molecule has 3 aromatic rings. The largest absolute Gasteiger partial charge is 0.340 e. The molecule has 0 aliphatic rings. The number of carbonyl (C=O) groups excluding carboxylic acids is 2. The van der Waals surface area contributed by atoms with Gasteiger partial charge in [-0.25, -0.2) is 9.97 Å². The third-order valence-corrected chi connectivity index (χ3v) is 4.21. The molecule has 1 aromatic heterocycles. The number of carbonyl (C=O) groups is 2. The van der Waals surface area contributed by atoms with Crippen molar-refractivity contribution in [2.24, 2.45) is 0 Å². The highest BCUT2D eigenvalue weighted by molar-refractivity contribution is 6.03. The average molecular weight is 375 g/mol. The van der Waals surface area contributed by atoms with Gasteiger partial charge in [0, 0.05) is 30.1 Å². The Hall–Kier alpha value is -3.74. The summed E-state index contributed by atoms with van der Waals surface area (Å²) in [5.74, 6) is -0.0197. The van der Waals surface area contributed by atoms with Gasteiger partial charge in [0.15, 0.2) is 0 Å². The molecule has 7 nitrogen and oxygen atoms in total. The number of nitrogens with one attached hydrogen (secondary N) is 3. The summed E-state index contributed by atoms with van der Waals surface area (Å²) < 4.78 is 0. The molecule has 0 unspecified atom stereocenters. The van der Waals surface area contributed by atoms with Crippen LogP contribution >= 0.6 is 0 Å². The standard InChI is InChI=1S/C21H21N5O2/c1-13-6-4-9-18(14(13)2)26-20-11-19(22-12-23-20)21(28)25-17-8-5-7-16(10-17)24-15(3)27/h4-12H,1-3H3,(H,24,27)(H,25,28)(H,22,23,26). The summed E-state index contributed by atoms with van der Waals surface area (Å²) in [5, 5.41) is 8.68. The molecular weight excluding hydrogens is 354 g/mol. The van der Waals surface area contributed by atoms with Gasteiger partial charge in [-0.3, -0.25) is 9.59 Å². The topological polar surface area (TPSA) is 96.0 Å². The summed E-state index contributed by atoms with van der Waals surface area (Å²) in [4.78, 5) is 32.0. The molecule has 2 aromatic carbocycles. The molecule has 0 atom stereocenters. The highest BCUT2D eigenvalue weighted by Gasteiger charge is 2.11. The SMILES string of the molecule is CC(=O)Nc1cccc(NC(=O)c2cc(Nc3cccc(C)c3C)ncn2)c1. The Morgan fingerprint density at radius 1 is 0.893 bits per heavy atom. The fourth-order valence-corrected chi connectivity index (χ4v) is 2.65. The van der Waals surface area contributed by atoms with Gasteiger partial charge in [0.05, 0.1) is 0 Å². The van der Waals surface area contributed by atoms with E-state index in [-0.39, 0.29) is 17.5 Å². The summed E-state index contributed by atoms with van der Waals surface area (Å²) in [7, 11) is 0. The third-order valence-electron chi connectivity index (χ3n) is 4.21. The van der Waals surface area contributed by atoms with Gasteiger partial charge in [-0.2, -0.15) is 0 Å². The normalized spacial score (nSPS) is 10.2. The van der Waals surface area contributed by atoms with E-state index in [1.807, 2.05) is 32.0 Å². The lowest BCUT2D eigenvalue weighted by atomic mass is 10.1. The van der Waals surface area contributed by atoms with Crippen LogP contribution in [0.25, 0.3) is 0 Å². The summed E-state index contributed by atoms with van der Waals surface area (Å²) in [5.41, 5.74) is 4.59. The Bertz CT molecular complexity index is 1030. The van der Waals surface area contributed by atoms with Crippen molar-refractivity contribution >= 4 is 34.7 Å². The molecule has 0 aliphatic heterocycles. The molecule has 2 amide bonds. The number of amides is 2. The molecule has 0 fully saturated rings. The van der Waals surface area contributed by atoms with E-state index in [1.165, 1.54) is 13.3 Å². The van der Waals surface area contributed by atoms with Crippen molar-refractivity contribution in [2.75, 3.05) is 16.0 Å². The van der Waals surface area contributed by atoms with Crippen LogP contribution in [-0.4, -0.2) is 21.8 Å². The van der Waals surface area contributed by atoms with Crippen molar-refractivity contribution in [1.82, 2.24) is 9.97 Å². The molecule has 3 rings (SSSR count). The van der Waals surface area contributed by atoms with Gasteiger partial charge in [-0.05, 0) is 49.2 Å². The first-order valence-electron chi connectivity index (χ1n) is 8.76. The van der Waals surface area contributed by atoms with Crippen LogP contribution < -0.4 is 16.0 Å². The summed E-state index contributed by atoms with van der Waals surface area (Å²) in [6.45, 7) is 5.49. The van der Waals surface area contributed by atoms with E-state index in [0.29, 0.717) is 17.2 Å². The molecule has 7 heteroatoms. The number of aryl methyl sites for hydroxylation is 1. The number of hydrogen-bond acceptors (Lipinski definition) is 5. The van der Waals surface area contributed by atoms with Crippen LogP contribution in [0.2, 0.25) is 0 Å². The quantitative estimate of drug-likeness (QED) is 0.625. The minimum absolute atomic E-state index is 0.179. The van der Waals surface area contributed by atoms with Crippen molar-refractivity contribution in [3.8, 4) is 0 Å². The van der Waals surface area contributed by atoms with E-state index >= 15 is 0 Å². The van der Waals surface area contributed by atoms with Crippen LogP contribution in [0.5, 0.6) is 0 Å². The summed E-state index contributed by atoms with van der Waals surface area (Å²) in [6.07, 6.45) is 1.34. The number of hydrogen-bond donors (Lipinski definition) is 3. The Morgan fingerprint density at radius 2 is 1.61 bits per heavy atom. The molecule has 3 N–H and O–H groups in total. The molecule has 0 spiro atoms. The second kappa shape index (κ2) is 8.30. The van der Waals surface area contributed by atoms with Gasteiger partial charge in [0.2, 0.25) is 5.91 Å². The maximum atomic E-state index is 12.6. The predicted molar refractivity (Wildman–Crippen MR) is 110 cm³/mol. The molecular formula is C21H21N5O2. The van der Waals surface area contributed by atoms with Crippen LogP contribution in [0.4, 0.5) is 22.9 Å². The Kier molecular flexibility index (Phi) is 5.64. The van der Waals surface area contributed by atoms with Crippen LogP contribution in [0.3, 0.4) is 0 Å². The zero-order valence-electron chi connectivity index (χ0n) is 15.9. The minimum Gasteiger partial charge on any atom is -0.340 e. The van der Waals surface area contributed by atoms with Crippen molar-refractivity contribution in [3.05, 3.63) is 71.7 Å². The van der Waals surface area contributed by atoms with E-state index in [4.69, 9.17) is 0 Å². The van der Waals surface area contributed by atoms with Crippen molar-refractivity contribution < 1.29 is 9.59 Å². The molecule has 0 aliphatic carbocycles. The maximum Gasteiger partial charge on any atom is 0.274 e. The molecule has 142 valence electrons. The first-order valence-corrected chi connectivity index (χ1v) is 8.76. The van der Waals surface area contributed by atoms with Crippen LogP contribution in [0.1, 0.15) is 28.5 Å². The van der Waals surface area contributed by atoms with Gasteiger partial charge >= 0.3 is 0 Å². The van der Waals surface area contributed by atoms with E-state index < -0.39 is 0 Å². The lowest BCUT2D eigenvalue weighted by Crippen LogP contribution is -2.15. The Morgan fingerprint density at radius 3 is 2.36 bits per heavy atom. The first kappa shape index (κ1) is 19.0. The molecule has 0 bridgehead atoms. The summed E-state index contributed by atoms with van der Waals surface area (Å²) in [6, 6.07) is 14.4. The number of nitrogens with zero attached hydrogens (tertiary/aromatic N) is 2. The van der Waals surface area contributed by atoms with Crippen molar-refractivity contribution in [2.45, 2.75) is 20.8 Å². The van der Waals surface area contributed by atoms with Gasteiger partial charge in [-0.15, -0.1) is 0 Å². The molecule has 0 radical (unpaired) electrons. The zero-order valence-corrected chi connectivity index (χ0v) is 15.9. The Labute approximate surface area is 163 Å². The van der Waals surface area contributed by atoms with Gasteiger partial charge in [-0.1, -0.05) is 18.2 Å². The van der Waals surface area contributed by atoms with E-state index in [1.54, 1.807) is 30.3 Å². The second-order valence-corrected chi connectivity index (χ2v) is 6.38. The predicted octanol–water partition coefficient (Wildman–Crippen LogP) is 4.05.